The van der Waals surface area contributed by atoms with Crippen LogP contribution in [0.3, 0.4) is 0 Å². The fraction of sp³-hybridized carbons (Fsp3) is 0.190. The van der Waals surface area contributed by atoms with Gasteiger partial charge in [0, 0.05) is 19.2 Å². The molecule has 3 heterocycles. The smallest absolute Gasteiger partial charge is 0.292 e. The van der Waals surface area contributed by atoms with Crippen molar-refractivity contribution in [3.63, 3.8) is 0 Å². The Kier molecular flexibility index (Phi) is 4.90. The Morgan fingerprint density at radius 3 is 2.55 bits per heavy atom. The summed E-state index contributed by atoms with van der Waals surface area (Å²) in [6.45, 7) is 3.80. The van der Waals surface area contributed by atoms with Crippen LogP contribution in [0.5, 0.6) is 0 Å². The SMILES string of the molecule is Cc1nn(-c2ccccc2)c(C)c1C(=O)C(=O)NCCc1nnc2ccccn12. The van der Waals surface area contributed by atoms with E-state index in [-0.39, 0.29) is 6.54 Å². The van der Waals surface area contributed by atoms with Gasteiger partial charge < -0.3 is 5.32 Å². The second-order valence-electron chi connectivity index (χ2n) is 6.67. The average Bonchev–Trinajstić information content (AvgIpc) is 3.28. The molecule has 29 heavy (non-hydrogen) atoms. The minimum atomic E-state index is -0.655. The number of carbonyl (C=O) groups is 2. The fourth-order valence-electron chi connectivity index (χ4n) is 3.33. The van der Waals surface area contributed by atoms with E-state index in [1.807, 2.05) is 59.1 Å². The zero-order chi connectivity index (χ0) is 20.4. The van der Waals surface area contributed by atoms with Crippen LogP contribution in [0.15, 0.2) is 54.7 Å². The van der Waals surface area contributed by atoms with Crippen LogP contribution in [-0.4, -0.2) is 42.6 Å². The number of fused-ring (bicyclic) bond motifs is 1. The molecule has 0 aliphatic heterocycles. The highest BCUT2D eigenvalue weighted by Gasteiger charge is 2.24. The minimum Gasteiger partial charge on any atom is -0.349 e. The molecule has 0 saturated heterocycles. The van der Waals surface area contributed by atoms with Gasteiger partial charge >= 0.3 is 0 Å². The number of rotatable bonds is 6. The van der Waals surface area contributed by atoms with Crippen LogP contribution in [0.4, 0.5) is 0 Å². The Hall–Kier alpha value is -3.81. The molecular formula is C21H20N6O2. The lowest BCUT2D eigenvalue weighted by atomic mass is 10.1. The molecule has 8 heteroatoms. The first-order valence-electron chi connectivity index (χ1n) is 9.29. The molecule has 1 aromatic carbocycles. The molecule has 0 spiro atoms. The Labute approximate surface area is 167 Å². The van der Waals surface area contributed by atoms with Crippen LogP contribution in [0.2, 0.25) is 0 Å². The highest BCUT2D eigenvalue weighted by Crippen LogP contribution is 2.18. The molecule has 0 bridgehead atoms. The zero-order valence-corrected chi connectivity index (χ0v) is 16.2. The lowest BCUT2D eigenvalue weighted by Gasteiger charge is -2.06. The molecule has 8 nitrogen and oxygen atoms in total. The van der Waals surface area contributed by atoms with Crippen LogP contribution >= 0.6 is 0 Å². The molecule has 0 radical (unpaired) electrons. The molecule has 1 amide bonds. The normalized spacial score (nSPS) is 11.0. The van der Waals surface area contributed by atoms with Crippen molar-refractivity contribution >= 4 is 17.3 Å². The number of amides is 1. The predicted octanol–water partition coefficient (Wildman–Crippen LogP) is 2.07. The van der Waals surface area contributed by atoms with Gasteiger partial charge in [0.2, 0.25) is 0 Å². The lowest BCUT2D eigenvalue weighted by Crippen LogP contribution is -2.33. The van der Waals surface area contributed by atoms with Crippen LogP contribution in [0, 0.1) is 13.8 Å². The number of nitrogens with zero attached hydrogens (tertiary/aromatic N) is 5. The van der Waals surface area contributed by atoms with Gasteiger partial charge in [-0.25, -0.2) is 4.68 Å². The molecule has 3 aromatic heterocycles. The summed E-state index contributed by atoms with van der Waals surface area (Å²) in [5.74, 6) is -0.525. The van der Waals surface area contributed by atoms with Crippen LogP contribution in [0.25, 0.3) is 11.3 Å². The van der Waals surface area contributed by atoms with Gasteiger partial charge in [0.25, 0.3) is 11.7 Å². The molecule has 146 valence electrons. The number of hydrogen-bond donors (Lipinski definition) is 1. The van der Waals surface area contributed by atoms with E-state index < -0.39 is 11.7 Å². The molecule has 4 aromatic rings. The third kappa shape index (κ3) is 3.52. The number of hydrogen-bond acceptors (Lipinski definition) is 5. The van der Waals surface area contributed by atoms with E-state index in [1.54, 1.807) is 18.5 Å². The largest absolute Gasteiger partial charge is 0.349 e. The Morgan fingerprint density at radius 1 is 1.00 bits per heavy atom. The maximum Gasteiger partial charge on any atom is 0.292 e. The van der Waals surface area contributed by atoms with Crippen LogP contribution in [0.1, 0.15) is 27.6 Å². The van der Waals surface area contributed by atoms with Crippen LogP contribution in [-0.2, 0) is 11.2 Å². The van der Waals surface area contributed by atoms with Crippen molar-refractivity contribution < 1.29 is 9.59 Å². The van der Waals surface area contributed by atoms with Crippen molar-refractivity contribution in [3.8, 4) is 5.69 Å². The molecule has 0 atom stereocenters. The van der Waals surface area contributed by atoms with Gasteiger partial charge in [-0.1, -0.05) is 24.3 Å². The first kappa shape index (κ1) is 18.5. The van der Waals surface area contributed by atoms with Crippen molar-refractivity contribution in [1.29, 1.82) is 0 Å². The number of benzene rings is 1. The van der Waals surface area contributed by atoms with Gasteiger partial charge in [0.1, 0.15) is 5.82 Å². The number of aryl methyl sites for hydroxylation is 1. The maximum atomic E-state index is 12.7. The second-order valence-corrected chi connectivity index (χ2v) is 6.67. The van der Waals surface area contributed by atoms with Gasteiger partial charge in [-0.15, -0.1) is 10.2 Å². The van der Waals surface area contributed by atoms with Crippen molar-refractivity contribution in [2.75, 3.05) is 6.54 Å². The summed E-state index contributed by atoms with van der Waals surface area (Å²) in [4.78, 5) is 25.2. The lowest BCUT2D eigenvalue weighted by molar-refractivity contribution is -0.116. The summed E-state index contributed by atoms with van der Waals surface area (Å²) in [6.07, 6.45) is 2.33. The van der Waals surface area contributed by atoms with Crippen molar-refractivity contribution in [2.45, 2.75) is 20.3 Å². The topological polar surface area (TPSA) is 94.2 Å². The Bertz CT molecular complexity index is 1190. The summed E-state index contributed by atoms with van der Waals surface area (Å²) in [6, 6.07) is 15.1. The summed E-state index contributed by atoms with van der Waals surface area (Å²) in [5, 5.41) is 15.3. The highest BCUT2D eigenvalue weighted by molar-refractivity contribution is 6.43. The molecule has 0 saturated carbocycles. The van der Waals surface area contributed by atoms with E-state index >= 15 is 0 Å². The summed E-state index contributed by atoms with van der Waals surface area (Å²) >= 11 is 0. The standard InChI is InChI=1S/C21H20N6O2/c1-14-19(15(2)27(25-14)16-8-4-3-5-9-16)20(28)21(29)22-12-11-18-24-23-17-10-6-7-13-26(17)18/h3-10,13H,11-12H2,1-2H3,(H,22,29). The first-order valence-corrected chi connectivity index (χ1v) is 9.29. The van der Waals surface area contributed by atoms with Gasteiger partial charge in [-0.3, -0.25) is 14.0 Å². The van der Waals surface area contributed by atoms with E-state index in [4.69, 9.17) is 0 Å². The zero-order valence-electron chi connectivity index (χ0n) is 16.2. The first-order chi connectivity index (χ1) is 14.1. The number of carbonyl (C=O) groups excluding carboxylic acids is 2. The van der Waals surface area contributed by atoms with Crippen molar-refractivity contribution in [3.05, 3.63) is 77.5 Å². The molecule has 0 aliphatic rings. The Morgan fingerprint density at radius 2 is 1.76 bits per heavy atom. The fourth-order valence-corrected chi connectivity index (χ4v) is 3.33. The second kappa shape index (κ2) is 7.67. The van der Waals surface area contributed by atoms with Crippen molar-refractivity contribution in [2.24, 2.45) is 0 Å². The molecular weight excluding hydrogens is 368 g/mol. The van der Waals surface area contributed by atoms with Gasteiger partial charge in [0.05, 0.1) is 22.6 Å². The molecule has 0 aliphatic carbocycles. The van der Waals surface area contributed by atoms with Crippen LogP contribution < -0.4 is 5.32 Å². The van der Waals surface area contributed by atoms with E-state index in [9.17, 15) is 9.59 Å². The summed E-state index contributed by atoms with van der Waals surface area (Å²) in [7, 11) is 0. The maximum absolute atomic E-state index is 12.7. The van der Waals surface area contributed by atoms with E-state index in [1.165, 1.54) is 0 Å². The third-order valence-electron chi connectivity index (χ3n) is 4.74. The number of aromatic nitrogens is 5. The molecule has 0 fully saturated rings. The number of Topliss-reactive ketones (excluding diaryl/α,β-unsaturated/α-hetero) is 1. The minimum absolute atomic E-state index is 0.283. The van der Waals surface area contributed by atoms with Gasteiger partial charge in [0.15, 0.2) is 5.65 Å². The molecule has 0 unspecified atom stereocenters. The quantitative estimate of drug-likeness (QED) is 0.403. The van der Waals surface area contributed by atoms with E-state index in [0.29, 0.717) is 23.4 Å². The van der Waals surface area contributed by atoms with Gasteiger partial charge in [-0.2, -0.15) is 5.10 Å². The van der Waals surface area contributed by atoms with Gasteiger partial charge in [-0.05, 0) is 38.1 Å². The molecule has 4 rings (SSSR count). The van der Waals surface area contributed by atoms with E-state index in [2.05, 4.69) is 20.6 Å². The predicted molar refractivity (Wildman–Crippen MR) is 107 cm³/mol. The Balaban J connectivity index is 1.46. The molecule has 1 N–H and O–H groups in total. The highest BCUT2D eigenvalue weighted by atomic mass is 16.2. The number of pyridine rings is 1. The van der Waals surface area contributed by atoms with Crippen molar-refractivity contribution in [1.82, 2.24) is 29.7 Å². The third-order valence-corrected chi connectivity index (χ3v) is 4.74. The van der Waals surface area contributed by atoms with E-state index in [0.717, 1.165) is 17.2 Å². The number of nitrogens with one attached hydrogen (secondary N) is 1. The number of ketones is 1. The summed E-state index contributed by atoms with van der Waals surface area (Å²) < 4.78 is 3.53. The monoisotopic (exact) mass is 388 g/mol. The number of para-hydroxylation sites is 1. The summed E-state index contributed by atoms with van der Waals surface area (Å²) in [5.41, 5.74) is 3.07. The average molecular weight is 388 g/mol.